The van der Waals surface area contributed by atoms with Crippen molar-refractivity contribution in [2.24, 2.45) is 5.92 Å². The molecule has 1 saturated heterocycles. The molecular weight excluding hydrogens is 226 g/mol. The van der Waals surface area contributed by atoms with Crippen molar-refractivity contribution in [1.29, 1.82) is 0 Å². The van der Waals surface area contributed by atoms with E-state index in [4.69, 9.17) is 9.52 Å². The summed E-state index contributed by atoms with van der Waals surface area (Å²) in [5.41, 5.74) is 0. The number of hydrogen-bond acceptors (Lipinski definition) is 5. The lowest BCUT2D eigenvalue weighted by atomic mass is 10.1. The van der Waals surface area contributed by atoms with Gasteiger partial charge in [-0.1, -0.05) is 0 Å². The quantitative estimate of drug-likeness (QED) is 0.773. The van der Waals surface area contributed by atoms with Crippen LogP contribution < -0.4 is 4.90 Å². The number of rotatable bonds is 3. The minimum atomic E-state index is -0.582. The Balaban J connectivity index is 2.15. The van der Waals surface area contributed by atoms with Gasteiger partial charge in [-0.3, -0.25) is 9.69 Å². The molecule has 0 spiro atoms. The lowest BCUT2D eigenvalue weighted by Crippen LogP contribution is -2.24. The first-order valence-corrected chi connectivity index (χ1v) is 5.25. The van der Waals surface area contributed by atoms with Crippen molar-refractivity contribution in [3.8, 4) is 0 Å². The van der Waals surface area contributed by atoms with E-state index in [1.165, 1.54) is 18.1 Å². The summed E-state index contributed by atoms with van der Waals surface area (Å²) in [5, 5.41) is 9.00. The highest BCUT2D eigenvalue weighted by Crippen LogP contribution is 2.26. The number of aliphatic hydroxyl groups excluding tert-OH is 1. The third-order valence-corrected chi connectivity index (χ3v) is 2.71. The second kappa shape index (κ2) is 4.58. The highest BCUT2D eigenvalue weighted by Gasteiger charge is 2.32. The zero-order valence-electron chi connectivity index (χ0n) is 9.38. The van der Waals surface area contributed by atoms with E-state index < -0.39 is 5.97 Å². The van der Waals surface area contributed by atoms with Gasteiger partial charge in [-0.25, -0.2) is 4.79 Å². The lowest BCUT2D eigenvalue weighted by molar-refractivity contribution is -0.117. The number of ether oxygens (including phenoxy) is 1. The normalized spacial score (nSPS) is 19.8. The van der Waals surface area contributed by atoms with E-state index in [0.29, 0.717) is 18.8 Å². The molecule has 1 amide bonds. The molecule has 2 rings (SSSR count). The maximum atomic E-state index is 11.6. The number of esters is 1. The summed E-state index contributed by atoms with van der Waals surface area (Å²) >= 11 is 0. The third kappa shape index (κ3) is 2.16. The van der Waals surface area contributed by atoms with Gasteiger partial charge in [-0.15, -0.1) is 0 Å². The fraction of sp³-hybridized carbons (Fsp3) is 0.455. The maximum absolute atomic E-state index is 11.6. The Morgan fingerprint density at radius 2 is 2.41 bits per heavy atom. The Kier molecular flexibility index (Phi) is 3.14. The van der Waals surface area contributed by atoms with Gasteiger partial charge in [0.05, 0.1) is 7.11 Å². The van der Waals surface area contributed by atoms with Crippen LogP contribution in [0.15, 0.2) is 16.5 Å². The number of anilines is 1. The van der Waals surface area contributed by atoms with Crippen LogP contribution in [0, 0.1) is 5.92 Å². The van der Waals surface area contributed by atoms with E-state index in [1.807, 2.05) is 0 Å². The predicted octanol–water partition coefficient (Wildman–Crippen LogP) is 0.411. The summed E-state index contributed by atoms with van der Waals surface area (Å²) in [6.07, 6.45) is 0.296. The van der Waals surface area contributed by atoms with Crippen LogP contribution in [0.2, 0.25) is 0 Å². The molecule has 2 heterocycles. The summed E-state index contributed by atoms with van der Waals surface area (Å²) in [4.78, 5) is 24.2. The first-order chi connectivity index (χ1) is 8.15. The predicted molar refractivity (Wildman–Crippen MR) is 57.6 cm³/mol. The molecular formula is C11H13NO5. The van der Waals surface area contributed by atoms with Gasteiger partial charge in [0.15, 0.2) is 0 Å². The fourth-order valence-corrected chi connectivity index (χ4v) is 1.80. The van der Waals surface area contributed by atoms with Gasteiger partial charge in [0, 0.05) is 31.6 Å². The van der Waals surface area contributed by atoms with E-state index in [2.05, 4.69) is 4.74 Å². The Labute approximate surface area is 97.8 Å². The van der Waals surface area contributed by atoms with Crippen LogP contribution in [-0.4, -0.2) is 37.2 Å². The van der Waals surface area contributed by atoms with Gasteiger partial charge in [0.25, 0.3) is 0 Å². The molecule has 0 radical (unpaired) electrons. The van der Waals surface area contributed by atoms with Crippen molar-refractivity contribution in [3.05, 3.63) is 17.9 Å². The number of methoxy groups -OCH3 is 1. The number of amides is 1. The van der Waals surface area contributed by atoms with Gasteiger partial charge in [0.2, 0.25) is 17.6 Å². The SMILES string of the molecule is COC(=O)c1ccc(N2CC(CO)CC2=O)o1. The van der Waals surface area contributed by atoms with Crippen molar-refractivity contribution in [2.45, 2.75) is 6.42 Å². The van der Waals surface area contributed by atoms with Crippen LogP contribution in [-0.2, 0) is 9.53 Å². The molecule has 0 bridgehead atoms. The summed E-state index contributed by atoms with van der Waals surface area (Å²) in [6, 6.07) is 3.00. The van der Waals surface area contributed by atoms with Crippen molar-refractivity contribution in [3.63, 3.8) is 0 Å². The summed E-state index contributed by atoms with van der Waals surface area (Å²) in [7, 11) is 1.26. The minimum absolute atomic E-state index is 0.0349. The number of carbonyl (C=O) groups is 2. The Morgan fingerprint density at radius 3 is 3.00 bits per heavy atom. The summed E-state index contributed by atoms with van der Waals surface area (Å²) in [6.45, 7) is 0.371. The van der Waals surface area contributed by atoms with Gasteiger partial charge in [0.1, 0.15) is 0 Å². The molecule has 6 nitrogen and oxygen atoms in total. The average molecular weight is 239 g/mol. The summed E-state index contributed by atoms with van der Waals surface area (Å²) < 4.78 is 9.74. The fourth-order valence-electron chi connectivity index (χ4n) is 1.80. The Hall–Kier alpha value is -1.82. The van der Waals surface area contributed by atoms with Crippen LogP contribution in [0.5, 0.6) is 0 Å². The van der Waals surface area contributed by atoms with E-state index in [0.717, 1.165) is 0 Å². The van der Waals surface area contributed by atoms with E-state index in [-0.39, 0.29) is 24.2 Å². The zero-order valence-corrected chi connectivity index (χ0v) is 9.38. The zero-order chi connectivity index (χ0) is 12.4. The average Bonchev–Trinajstić information content (AvgIpc) is 2.94. The second-order valence-electron chi connectivity index (χ2n) is 3.89. The molecule has 1 unspecified atom stereocenters. The first kappa shape index (κ1) is 11.7. The highest BCUT2D eigenvalue weighted by atomic mass is 16.5. The second-order valence-corrected chi connectivity index (χ2v) is 3.89. The molecule has 0 aromatic carbocycles. The molecule has 92 valence electrons. The highest BCUT2D eigenvalue weighted by molar-refractivity contribution is 5.95. The van der Waals surface area contributed by atoms with Crippen LogP contribution in [0.1, 0.15) is 17.0 Å². The Bertz CT molecular complexity index is 439. The molecule has 1 aromatic rings. The van der Waals surface area contributed by atoms with Crippen LogP contribution in [0.25, 0.3) is 0 Å². The van der Waals surface area contributed by atoms with Gasteiger partial charge < -0.3 is 14.3 Å². The molecule has 1 N–H and O–H groups in total. The van der Waals surface area contributed by atoms with Crippen LogP contribution in [0.3, 0.4) is 0 Å². The molecule has 1 aliphatic rings. The number of nitrogens with zero attached hydrogens (tertiary/aromatic N) is 1. The molecule has 0 saturated carbocycles. The molecule has 17 heavy (non-hydrogen) atoms. The number of aliphatic hydroxyl groups is 1. The van der Waals surface area contributed by atoms with E-state index >= 15 is 0 Å². The van der Waals surface area contributed by atoms with Gasteiger partial charge >= 0.3 is 5.97 Å². The largest absolute Gasteiger partial charge is 0.463 e. The first-order valence-electron chi connectivity index (χ1n) is 5.25. The van der Waals surface area contributed by atoms with Crippen LogP contribution >= 0.6 is 0 Å². The van der Waals surface area contributed by atoms with Crippen molar-refractivity contribution in [1.82, 2.24) is 0 Å². The number of hydrogen-bond donors (Lipinski definition) is 1. The topological polar surface area (TPSA) is 80.0 Å². The summed E-state index contributed by atoms with van der Waals surface area (Å²) in [5.74, 6) is -0.403. The van der Waals surface area contributed by atoms with Gasteiger partial charge in [-0.2, -0.15) is 0 Å². The minimum Gasteiger partial charge on any atom is -0.463 e. The smallest absolute Gasteiger partial charge is 0.374 e. The molecule has 1 atom stereocenters. The van der Waals surface area contributed by atoms with Crippen molar-refractivity contribution >= 4 is 17.8 Å². The van der Waals surface area contributed by atoms with Crippen molar-refractivity contribution < 1.29 is 23.8 Å². The number of carbonyl (C=O) groups excluding carboxylic acids is 2. The Morgan fingerprint density at radius 1 is 1.65 bits per heavy atom. The third-order valence-electron chi connectivity index (χ3n) is 2.71. The number of furan rings is 1. The standard InChI is InChI=1S/C11H13NO5/c1-16-11(15)8-2-3-10(17-8)12-5-7(6-13)4-9(12)14/h2-3,7,13H,4-6H2,1H3. The van der Waals surface area contributed by atoms with Crippen molar-refractivity contribution in [2.75, 3.05) is 25.2 Å². The molecule has 1 fully saturated rings. The molecule has 6 heteroatoms. The molecule has 0 aliphatic carbocycles. The maximum Gasteiger partial charge on any atom is 0.374 e. The van der Waals surface area contributed by atoms with E-state index in [1.54, 1.807) is 6.07 Å². The lowest BCUT2D eigenvalue weighted by Gasteiger charge is -2.12. The van der Waals surface area contributed by atoms with Gasteiger partial charge in [-0.05, 0) is 6.07 Å². The molecule has 1 aromatic heterocycles. The van der Waals surface area contributed by atoms with Crippen LogP contribution in [0.4, 0.5) is 5.88 Å². The monoisotopic (exact) mass is 239 g/mol. The van der Waals surface area contributed by atoms with E-state index in [9.17, 15) is 9.59 Å². The molecule has 1 aliphatic heterocycles.